The van der Waals surface area contributed by atoms with Gasteiger partial charge in [-0.2, -0.15) is 13.2 Å². The molecule has 0 spiro atoms. The van der Waals surface area contributed by atoms with E-state index in [1.807, 2.05) is 0 Å². The molecule has 0 saturated heterocycles. The summed E-state index contributed by atoms with van der Waals surface area (Å²) < 4.78 is 38.2. The Labute approximate surface area is 123 Å². The van der Waals surface area contributed by atoms with E-state index in [4.69, 9.17) is 0 Å². The summed E-state index contributed by atoms with van der Waals surface area (Å²) in [5.41, 5.74) is -0.688. The van der Waals surface area contributed by atoms with Gasteiger partial charge in [-0.25, -0.2) is 4.79 Å². The zero-order chi connectivity index (χ0) is 14.8. The van der Waals surface area contributed by atoms with E-state index < -0.39 is 17.8 Å². The van der Waals surface area contributed by atoms with Crippen LogP contribution < -0.4 is 10.6 Å². The Balaban J connectivity index is 2.04. The van der Waals surface area contributed by atoms with Gasteiger partial charge in [0.25, 0.3) is 0 Å². The number of hydrogen-bond acceptors (Lipinski definition) is 1. The Morgan fingerprint density at radius 2 is 1.90 bits per heavy atom. The van der Waals surface area contributed by atoms with Crippen molar-refractivity contribution in [3.8, 4) is 0 Å². The highest BCUT2D eigenvalue weighted by atomic mass is 79.9. The summed E-state index contributed by atoms with van der Waals surface area (Å²) in [6.45, 7) is 0. The predicted octanol–water partition coefficient (Wildman–Crippen LogP) is 4.53. The average molecular weight is 351 g/mol. The standard InChI is InChI=1S/C13H14BrF3N2O/c14-11-6-5-9(7-10(11)13(15,16)17)19-12(20)18-8-3-1-2-4-8/h5-8H,1-4H2,(H2,18,19,20). The zero-order valence-corrected chi connectivity index (χ0v) is 12.1. The van der Waals surface area contributed by atoms with Gasteiger partial charge in [0.2, 0.25) is 0 Å². The fourth-order valence-corrected chi connectivity index (χ4v) is 2.71. The molecule has 0 heterocycles. The number of anilines is 1. The lowest BCUT2D eigenvalue weighted by molar-refractivity contribution is -0.138. The molecular weight excluding hydrogens is 337 g/mol. The molecule has 3 nitrogen and oxygen atoms in total. The molecule has 1 aromatic carbocycles. The number of urea groups is 1. The first-order chi connectivity index (χ1) is 9.36. The molecule has 7 heteroatoms. The third-order valence-electron chi connectivity index (χ3n) is 3.22. The maximum atomic E-state index is 12.7. The van der Waals surface area contributed by atoms with Crippen LogP contribution in [0.5, 0.6) is 0 Å². The number of benzene rings is 1. The van der Waals surface area contributed by atoms with Crippen LogP contribution in [0, 0.1) is 0 Å². The lowest BCUT2D eigenvalue weighted by Gasteiger charge is -2.15. The van der Waals surface area contributed by atoms with Crippen LogP contribution in [0.15, 0.2) is 22.7 Å². The van der Waals surface area contributed by atoms with E-state index in [9.17, 15) is 18.0 Å². The maximum Gasteiger partial charge on any atom is 0.417 e. The first-order valence-corrected chi connectivity index (χ1v) is 7.10. The number of hydrogen-bond donors (Lipinski definition) is 2. The third kappa shape index (κ3) is 3.88. The topological polar surface area (TPSA) is 41.1 Å². The van der Waals surface area contributed by atoms with Gasteiger partial charge in [0.1, 0.15) is 0 Å². The van der Waals surface area contributed by atoms with E-state index in [0.717, 1.165) is 31.7 Å². The maximum absolute atomic E-state index is 12.7. The summed E-state index contributed by atoms with van der Waals surface area (Å²) in [5, 5.41) is 5.19. The van der Waals surface area contributed by atoms with Gasteiger partial charge in [-0.15, -0.1) is 0 Å². The Morgan fingerprint density at radius 1 is 1.25 bits per heavy atom. The zero-order valence-electron chi connectivity index (χ0n) is 10.6. The van der Waals surface area contributed by atoms with E-state index in [2.05, 4.69) is 26.6 Å². The minimum atomic E-state index is -4.46. The van der Waals surface area contributed by atoms with Crippen molar-refractivity contribution in [1.82, 2.24) is 5.32 Å². The number of carbonyl (C=O) groups excluding carboxylic acids is 1. The van der Waals surface area contributed by atoms with E-state index >= 15 is 0 Å². The molecule has 2 N–H and O–H groups in total. The van der Waals surface area contributed by atoms with Crippen molar-refractivity contribution in [1.29, 1.82) is 0 Å². The highest BCUT2D eigenvalue weighted by molar-refractivity contribution is 9.10. The monoisotopic (exact) mass is 350 g/mol. The van der Waals surface area contributed by atoms with Gasteiger partial charge in [0.05, 0.1) is 5.56 Å². The van der Waals surface area contributed by atoms with Crippen molar-refractivity contribution < 1.29 is 18.0 Å². The molecule has 110 valence electrons. The largest absolute Gasteiger partial charge is 0.417 e. The molecule has 0 bridgehead atoms. The number of carbonyl (C=O) groups is 1. The first-order valence-electron chi connectivity index (χ1n) is 6.30. The number of alkyl halides is 3. The lowest BCUT2D eigenvalue weighted by Crippen LogP contribution is -2.36. The molecule has 0 aliphatic heterocycles. The lowest BCUT2D eigenvalue weighted by atomic mass is 10.2. The van der Waals surface area contributed by atoms with Crippen LogP contribution in [-0.2, 0) is 6.18 Å². The summed E-state index contributed by atoms with van der Waals surface area (Å²) in [7, 11) is 0. The summed E-state index contributed by atoms with van der Waals surface area (Å²) in [6, 6.07) is 3.26. The summed E-state index contributed by atoms with van der Waals surface area (Å²) in [4.78, 5) is 11.7. The minimum Gasteiger partial charge on any atom is -0.335 e. The minimum absolute atomic E-state index is 0.0493. The van der Waals surface area contributed by atoms with Crippen molar-refractivity contribution in [3.05, 3.63) is 28.2 Å². The van der Waals surface area contributed by atoms with Crippen LogP contribution in [0.4, 0.5) is 23.7 Å². The second kappa shape index (κ2) is 6.03. The Hall–Kier alpha value is -1.24. The Bertz CT molecular complexity index is 499. The van der Waals surface area contributed by atoms with Crippen molar-refractivity contribution in [2.24, 2.45) is 0 Å². The van der Waals surface area contributed by atoms with E-state index in [-0.39, 0.29) is 16.2 Å². The van der Waals surface area contributed by atoms with Crippen LogP contribution in [0.25, 0.3) is 0 Å². The third-order valence-corrected chi connectivity index (χ3v) is 3.91. The van der Waals surface area contributed by atoms with Gasteiger partial charge < -0.3 is 10.6 Å². The van der Waals surface area contributed by atoms with E-state index in [1.165, 1.54) is 12.1 Å². The van der Waals surface area contributed by atoms with Gasteiger partial charge in [0, 0.05) is 16.2 Å². The van der Waals surface area contributed by atoms with Gasteiger partial charge >= 0.3 is 12.2 Å². The molecule has 0 aromatic heterocycles. The molecule has 1 saturated carbocycles. The summed E-state index contributed by atoms with van der Waals surface area (Å²) >= 11 is 2.86. The van der Waals surface area contributed by atoms with Crippen molar-refractivity contribution in [2.45, 2.75) is 37.9 Å². The highest BCUT2D eigenvalue weighted by Gasteiger charge is 2.33. The number of halogens is 4. The van der Waals surface area contributed by atoms with Gasteiger partial charge in [-0.05, 0) is 31.0 Å². The molecule has 1 aliphatic carbocycles. The van der Waals surface area contributed by atoms with Crippen LogP contribution >= 0.6 is 15.9 Å². The van der Waals surface area contributed by atoms with E-state index in [0.29, 0.717) is 0 Å². The predicted molar refractivity (Wildman–Crippen MR) is 73.6 cm³/mol. The smallest absolute Gasteiger partial charge is 0.335 e. The SMILES string of the molecule is O=C(Nc1ccc(Br)c(C(F)(F)F)c1)NC1CCCC1. The molecular formula is C13H14BrF3N2O. The molecule has 1 aliphatic rings. The second-order valence-corrected chi connectivity index (χ2v) is 5.63. The molecule has 2 amide bonds. The fraction of sp³-hybridized carbons (Fsp3) is 0.462. The first kappa shape index (κ1) is 15.2. The van der Waals surface area contributed by atoms with Gasteiger partial charge in [0.15, 0.2) is 0 Å². The fourth-order valence-electron chi connectivity index (χ4n) is 2.24. The molecule has 2 rings (SSSR count). The molecule has 20 heavy (non-hydrogen) atoms. The average Bonchev–Trinajstić information content (AvgIpc) is 2.83. The quantitative estimate of drug-likeness (QED) is 0.808. The van der Waals surface area contributed by atoms with Gasteiger partial charge in [-0.1, -0.05) is 28.8 Å². The molecule has 0 radical (unpaired) electrons. The molecule has 1 fully saturated rings. The van der Waals surface area contributed by atoms with Gasteiger partial charge in [-0.3, -0.25) is 0 Å². The van der Waals surface area contributed by atoms with Crippen LogP contribution in [0.1, 0.15) is 31.2 Å². The number of nitrogens with one attached hydrogen (secondary N) is 2. The molecule has 1 aromatic rings. The Morgan fingerprint density at radius 3 is 2.50 bits per heavy atom. The van der Waals surface area contributed by atoms with Crippen molar-refractivity contribution in [2.75, 3.05) is 5.32 Å². The van der Waals surface area contributed by atoms with E-state index in [1.54, 1.807) is 0 Å². The van der Waals surface area contributed by atoms with Crippen LogP contribution in [0.2, 0.25) is 0 Å². The second-order valence-electron chi connectivity index (χ2n) is 4.77. The van der Waals surface area contributed by atoms with Crippen molar-refractivity contribution in [3.63, 3.8) is 0 Å². The van der Waals surface area contributed by atoms with Crippen LogP contribution in [0.3, 0.4) is 0 Å². The summed E-state index contributed by atoms with van der Waals surface area (Å²) in [6.07, 6.45) is -0.482. The molecule has 0 unspecified atom stereocenters. The summed E-state index contributed by atoms with van der Waals surface area (Å²) in [5.74, 6) is 0. The van der Waals surface area contributed by atoms with Crippen LogP contribution in [-0.4, -0.2) is 12.1 Å². The highest BCUT2D eigenvalue weighted by Crippen LogP contribution is 2.36. The number of rotatable bonds is 2. The molecule has 0 atom stereocenters. The normalized spacial score (nSPS) is 16.2. The Kier molecular flexibility index (Phi) is 4.57. The van der Waals surface area contributed by atoms with Crippen molar-refractivity contribution >= 4 is 27.6 Å². The number of amides is 2.